The summed E-state index contributed by atoms with van der Waals surface area (Å²) in [6.45, 7) is 6.93. The molecule has 0 spiro atoms. The molecule has 90 valence electrons. The van der Waals surface area contributed by atoms with Gasteiger partial charge in [-0.3, -0.25) is 4.79 Å². The smallest absolute Gasteiger partial charge is 0.219 e. The first-order chi connectivity index (χ1) is 7.58. The van der Waals surface area contributed by atoms with Crippen molar-refractivity contribution in [2.75, 3.05) is 6.54 Å². The summed E-state index contributed by atoms with van der Waals surface area (Å²) in [7, 11) is 0. The van der Waals surface area contributed by atoms with Crippen LogP contribution in [0.2, 0.25) is 0 Å². The number of primary amides is 1. The number of rotatable bonds is 7. The first kappa shape index (κ1) is 12.8. The second-order valence-electron chi connectivity index (χ2n) is 4.50. The van der Waals surface area contributed by atoms with Crippen LogP contribution in [-0.2, 0) is 17.9 Å². The average molecular weight is 223 g/mol. The van der Waals surface area contributed by atoms with Gasteiger partial charge in [0, 0.05) is 31.9 Å². The highest BCUT2D eigenvalue weighted by Gasteiger charge is 1.99. The maximum absolute atomic E-state index is 10.6. The highest BCUT2D eigenvalue weighted by atomic mass is 16.1. The molecule has 4 nitrogen and oxygen atoms in total. The van der Waals surface area contributed by atoms with Gasteiger partial charge < -0.3 is 15.6 Å². The Kier molecular flexibility index (Phi) is 5.05. The van der Waals surface area contributed by atoms with Crippen LogP contribution in [0.5, 0.6) is 0 Å². The molecule has 1 amide bonds. The number of carbonyl (C=O) groups is 1. The van der Waals surface area contributed by atoms with Crippen molar-refractivity contribution in [3.05, 3.63) is 24.0 Å². The minimum Gasteiger partial charge on any atom is -0.370 e. The Bertz CT molecular complexity index is 331. The third-order valence-electron chi connectivity index (χ3n) is 2.31. The zero-order valence-electron chi connectivity index (χ0n) is 10.1. The van der Waals surface area contributed by atoms with Gasteiger partial charge in [0.25, 0.3) is 0 Å². The van der Waals surface area contributed by atoms with Crippen LogP contribution in [0.3, 0.4) is 0 Å². The summed E-state index contributed by atoms with van der Waals surface area (Å²) in [5, 5.41) is 3.37. The van der Waals surface area contributed by atoms with Gasteiger partial charge in [0.05, 0.1) is 0 Å². The molecule has 0 radical (unpaired) electrons. The second-order valence-corrected chi connectivity index (χ2v) is 4.50. The molecule has 0 unspecified atom stereocenters. The van der Waals surface area contributed by atoms with Gasteiger partial charge in [0.1, 0.15) is 0 Å². The molecule has 0 fully saturated rings. The molecule has 0 saturated carbocycles. The van der Waals surface area contributed by atoms with Gasteiger partial charge in [-0.2, -0.15) is 0 Å². The van der Waals surface area contributed by atoms with Crippen molar-refractivity contribution >= 4 is 5.91 Å². The Balaban J connectivity index is 2.30. The molecular formula is C12H21N3O. The highest BCUT2D eigenvalue weighted by Crippen LogP contribution is 2.02. The third-order valence-corrected chi connectivity index (χ3v) is 2.31. The molecule has 1 heterocycles. The number of amides is 1. The van der Waals surface area contributed by atoms with E-state index in [0.717, 1.165) is 13.1 Å². The summed E-state index contributed by atoms with van der Waals surface area (Å²) in [6, 6.07) is 2.06. The zero-order chi connectivity index (χ0) is 12.0. The van der Waals surface area contributed by atoms with Crippen molar-refractivity contribution < 1.29 is 4.79 Å². The molecule has 4 heteroatoms. The fourth-order valence-corrected chi connectivity index (χ4v) is 1.48. The zero-order valence-corrected chi connectivity index (χ0v) is 10.1. The minimum absolute atomic E-state index is 0.256. The number of nitrogens with one attached hydrogen (secondary N) is 1. The van der Waals surface area contributed by atoms with Crippen LogP contribution in [0.25, 0.3) is 0 Å². The lowest BCUT2D eigenvalue weighted by Crippen LogP contribution is -2.18. The molecule has 3 N–H and O–H groups in total. The van der Waals surface area contributed by atoms with Crippen LogP contribution >= 0.6 is 0 Å². The molecule has 0 aliphatic carbocycles. The number of hydrogen-bond acceptors (Lipinski definition) is 2. The lowest BCUT2D eigenvalue weighted by Gasteiger charge is -2.05. The quantitative estimate of drug-likeness (QED) is 0.727. The van der Waals surface area contributed by atoms with Crippen LogP contribution in [0.1, 0.15) is 25.8 Å². The topological polar surface area (TPSA) is 60.1 Å². The van der Waals surface area contributed by atoms with E-state index in [-0.39, 0.29) is 5.91 Å². The number of aromatic nitrogens is 1. The van der Waals surface area contributed by atoms with Gasteiger partial charge in [-0.15, -0.1) is 0 Å². The van der Waals surface area contributed by atoms with Gasteiger partial charge in [0.15, 0.2) is 0 Å². The number of aryl methyl sites for hydroxylation is 1. The molecule has 1 aromatic heterocycles. The normalized spacial score (nSPS) is 10.9. The maximum Gasteiger partial charge on any atom is 0.219 e. The standard InChI is InChI=1S/C12H21N3O/c1-10(2)7-14-8-11-3-5-15(9-11)6-4-12(13)16/h3,5,9-10,14H,4,6-8H2,1-2H3,(H2,13,16). The SMILES string of the molecule is CC(C)CNCc1ccn(CCC(N)=O)c1. The minimum atomic E-state index is -0.256. The predicted octanol–water partition coefficient (Wildman–Crippen LogP) is 1.11. The van der Waals surface area contributed by atoms with Crippen molar-refractivity contribution in [1.29, 1.82) is 0 Å². The predicted molar refractivity (Wildman–Crippen MR) is 64.8 cm³/mol. The molecule has 0 aromatic carbocycles. The van der Waals surface area contributed by atoms with E-state index in [1.54, 1.807) is 0 Å². The Morgan fingerprint density at radius 2 is 2.31 bits per heavy atom. The molecule has 0 atom stereocenters. The summed E-state index contributed by atoms with van der Waals surface area (Å²) >= 11 is 0. The largest absolute Gasteiger partial charge is 0.370 e. The molecular weight excluding hydrogens is 202 g/mol. The van der Waals surface area contributed by atoms with Gasteiger partial charge >= 0.3 is 0 Å². The number of nitrogens with two attached hydrogens (primary N) is 1. The summed E-state index contributed by atoms with van der Waals surface area (Å²) in [5.41, 5.74) is 6.34. The number of nitrogens with zero attached hydrogens (tertiary/aromatic N) is 1. The van der Waals surface area contributed by atoms with Gasteiger partial charge in [-0.05, 0) is 24.1 Å². The molecule has 0 bridgehead atoms. The van der Waals surface area contributed by atoms with E-state index in [4.69, 9.17) is 5.73 Å². The summed E-state index contributed by atoms with van der Waals surface area (Å²) < 4.78 is 2.00. The lowest BCUT2D eigenvalue weighted by atomic mass is 10.2. The first-order valence-electron chi connectivity index (χ1n) is 5.71. The second kappa shape index (κ2) is 6.33. The first-order valence-corrected chi connectivity index (χ1v) is 5.71. The molecule has 1 rings (SSSR count). The van der Waals surface area contributed by atoms with Gasteiger partial charge in [-0.25, -0.2) is 0 Å². The molecule has 0 aliphatic rings. The Hall–Kier alpha value is -1.29. The Morgan fingerprint density at radius 1 is 1.56 bits per heavy atom. The number of carbonyl (C=O) groups excluding carboxylic acids is 1. The van der Waals surface area contributed by atoms with Crippen LogP contribution in [-0.4, -0.2) is 17.0 Å². The Morgan fingerprint density at radius 3 is 2.94 bits per heavy atom. The van der Waals surface area contributed by atoms with E-state index in [0.29, 0.717) is 18.9 Å². The van der Waals surface area contributed by atoms with Crippen molar-refractivity contribution in [3.63, 3.8) is 0 Å². The highest BCUT2D eigenvalue weighted by molar-refractivity contribution is 5.73. The van der Waals surface area contributed by atoms with Crippen molar-refractivity contribution in [1.82, 2.24) is 9.88 Å². The lowest BCUT2D eigenvalue weighted by molar-refractivity contribution is -0.118. The van der Waals surface area contributed by atoms with E-state index in [1.165, 1.54) is 5.56 Å². The maximum atomic E-state index is 10.6. The van der Waals surface area contributed by atoms with Gasteiger partial charge in [0.2, 0.25) is 5.91 Å². The van der Waals surface area contributed by atoms with Crippen LogP contribution < -0.4 is 11.1 Å². The van der Waals surface area contributed by atoms with Crippen molar-refractivity contribution in [2.24, 2.45) is 11.7 Å². The fourth-order valence-electron chi connectivity index (χ4n) is 1.48. The van der Waals surface area contributed by atoms with E-state index in [9.17, 15) is 4.79 Å². The molecule has 0 aliphatic heterocycles. The van der Waals surface area contributed by atoms with E-state index >= 15 is 0 Å². The van der Waals surface area contributed by atoms with Gasteiger partial charge in [-0.1, -0.05) is 13.8 Å². The molecule has 1 aromatic rings. The van der Waals surface area contributed by atoms with E-state index in [1.807, 2.05) is 10.8 Å². The molecule has 0 saturated heterocycles. The number of hydrogen-bond donors (Lipinski definition) is 2. The summed E-state index contributed by atoms with van der Waals surface area (Å²) in [5.74, 6) is 0.408. The molecule has 16 heavy (non-hydrogen) atoms. The fraction of sp³-hybridized carbons (Fsp3) is 0.583. The third kappa shape index (κ3) is 4.98. The monoisotopic (exact) mass is 223 g/mol. The Labute approximate surface area is 96.8 Å². The van der Waals surface area contributed by atoms with Crippen molar-refractivity contribution in [3.8, 4) is 0 Å². The summed E-state index contributed by atoms with van der Waals surface area (Å²) in [4.78, 5) is 10.6. The van der Waals surface area contributed by atoms with Crippen molar-refractivity contribution in [2.45, 2.75) is 33.4 Å². The average Bonchev–Trinajstić information content (AvgIpc) is 2.62. The van der Waals surface area contributed by atoms with Crippen LogP contribution in [0.15, 0.2) is 18.5 Å². The summed E-state index contributed by atoms with van der Waals surface area (Å²) in [6.07, 6.45) is 4.43. The van der Waals surface area contributed by atoms with Crippen LogP contribution in [0.4, 0.5) is 0 Å². The van der Waals surface area contributed by atoms with Crippen LogP contribution in [0, 0.1) is 5.92 Å². The van der Waals surface area contributed by atoms with E-state index in [2.05, 4.69) is 31.4 Å². The van der Waals surface area contributed by atoms with E-state index < -0.39 is 0 Å².